The zero-order chi connectivity index (χ0) is 25.4. The Kier molecular flexibility index (Phi) is 11.2. The number of hydrogen-bond donors (Lipinski definition) is 2. The number of halogens is 12. The van der Waals surface area contributed by atoms with Crippen LogP contribution in [0.2, 0.25) is 0 Å². The molecule has 0 saturated carbocycles. The van der Waals surface area contributed by atoms with E-state index in [0.717, 1.165) is 0 Å². The van der Waals surface area contributed by atoms with E-state index in [4.69, 9.17) is 0 Å². The van der Waals surface area contributed by atoms with Crippen molar-refractivity contribution in [2.75, 3.05) is 0 Å². The number of rotatable bonds is 4. The van der Waals surface area contributed by atoms with Gasteiger partial charge in [-0.15, -0.1) is 0 Å². The number of alkyl halides is 12. The van der Waals surface area contributed by atoms with Crippen LogP contribution in [0.4, 0.5) is 52.7 Å². The third-order valence-electron chi connectivity index (χ3n) is 1.66. The van der Waals surface area contributed by atoms with Crippen molar-refractivity contribution in [3.63, 3.8) is 0 Å². The third-order valence-corrected chi connectivity index (χ3v) is 7.61. The maximum Gasteiger partial charge on any atom is 0.512 e. The number of nitrogens with one attached hydrogen (secondary N) is 2. The number of sulfonamides is 4. The summed E-state index contributed by atoms with van der Waals surface area (Å²) in [4.78, 5) is 0. The fourth-order valence-corrected chi connectivity index (χ4v) is 4.30. The molecule has 0 aromatic heterocycles. The largest absolute Gasteiger partial charge is 0.512 e. The van der Waals surface area contributed by atoms with Crippen LogP contribution in [-0.4, -0.2) is 78.8 Å². The molecule has 0 heterocycles. The maximum absolute atomic E-state index is 11.5. The van der Waals surface area contributed by atoms with Crippen molar-refractivity contribution in [1.82, 2.24) is 8.25 Å². The summed E-state index contributed by atoms with van der Waals surface area (Å²) in [6.07, 6.45) is 0. The van der Waals surface area contributed by atoms with Crippen LogP contribution in [0.1, 0.15) is 0 Å². The Balaban J connectivity index is -0.000000490. The van der Waals surface area contributed by atoms with Gasteiger partial charge in [-0.1, -0.05) is 8.25 Å². The molecule has 0 aromatic rings. The van der Waals surface area contributed by atoms with Crippen LogP contribution in [-0.2, 0) is 40.1 Å². The first-order valence-corrected chi connectivity index (χ1v) is 11.2. The summed E-state index contributed by atoms with van der Waals surface area (Å²) in [6, 6.07) is 0. The molecule has 0 atom stereocenters. The smallest absolute Gasteiger partial charge is 0.202 e. The molecule has 0 unspecified atom stereocenters. The van der Waals surface area contributed by atoms with Crippen molar-refractivity contribution in [1.29, 1.82) is 0 Å². The monoisotopic (exact) mass is 586 g/mol. The zero-order valence-electron chi connectivity index (χ0n) is 13.1. The van der Waals surface area contributed by atoms with Gasteiger partial charge in [-0.25, -0.2) is 33.7 Å². The molecule has 0 aliphatic carbocycles. The Labute approximate surface area is 179 Å². The van der Waals surface area contributed by atoms with E-state index in [1.54, 1.807) is 0 Å². The highest BCUT2D eigenvalue weighted by atomic mass is 32.3. The summed E-state index contributed by atoms with van der Waals surface area (Å²) >= 11 is 0. The Morgan fingerprint density at radius 1 is 0.355 bits per heavy atom. The van der Waals surface area contributed by atoms with E-state index in [0.29, 0.717) is 0 Å². The van der Waals surface area contributed by atoms with Gasteiger partial charge in [0.2, 0.25) is 0 Å². The quantitative estimate of drug-likeness (QED) is 0.348. The van der Waals surface area contributed by atoms with Crippen molar-refractivity contribution in [2.45, 2.75) is 22.0 Å². The molecule has 27 heteroatoms. The molecule has 0 aliphatic heterocycles. The van der Waals surface area contributed by atoms with E-state index in [2.05, 4.69) is 0 Å². The molecular formula is C4H2F12MgN2O8S4. The summed E-state index contributed by atoms with van der Waals surface area (Å²) < 4.78 is 217. The molecular weight excluding hydrogens is 585 g/mol. The Morgan fingerprint density at radius 3 is 0.516 bits per heavy atom. The van der Waals surface area contributed by atoms with Crippen molar-refractivity contribution in [2.24, 2.45) is 0 Å². The van der Waals surface area contributed by atoms with Crippen LogP contribution in [0.15, 0.2) is 0 Å². The van der Waals surface area contributed by atoms with Crippen LogP contribution < -0.4 is 8.25 Å². The van der Waals surface area contributed by atoms with E-state index < -0.39 is 70.4 Å². The summed E-state index contributed by atoms with van der Waals surface area (Å²) in [5.74, 6) is 0. The molecule has 0 rings (SSSR count). The van der Waals surface area contributed by atoms with Crippen LogP contribution in [0.3, 0.4) is 0 Å². The highest BCUT2D eigenvalue weighted by molar-refractivity contribution is 8.06. The van der Waals surface area contributed by atoms with Gasteiger partial charge in [0.1, 0.15) is 0 Å². The van der Waals surface area contributed by atoms with Gasteiger partial charge in [-0.2, -0.15) is 52.7 Å². The fraction of sp³-hybridized carbons (Fsp3) is 1.00. The van der Waals surface area contributed by atoms with Crippen LogP contribution >= 0.6 is 0 Å². The van der Waals surface area contributed by atoms with Crippen LogP contribution in [0.25, 0.3) is 0 Å². The Morgan fingerprint density at radius 2 is 0.452 bits per heavy atom. The molecule has 2 N–H and O–H groups in total. The molecule has 2 radical (unpaired) electrons. The van der Waals surface area contributed by atoms with Crippen molar-refractivity contribution >= 4 is 63.1 Å². The predicted molar refractivity (Wildman–Crippen MR) is 71.9 cm³/mol. The summed E-state index contributed by atoms with van der Waals surface area (Å²) in [7, 11) is -26.4. The van der Waals surface area contributed by atoms with E-state index in [1.165, 1.54) is 0 Å². The van der Waals surface area contributed by atoms with Crippen molar-refractivity contribution in [3.8, 4) is 0 Å². The molecule has 10 nitrogen and oxygen atoms in total. The molecule has 0 saturated heterocycles. The molecule has 0 spiro atoms. The van der Waals surface area contributed by atoms with E-state index in [-0.39, 0.29) is 23.1 Å². The number of hydrogen-bond acceptors (Lipinski definition) is 8. The van der Waals surface area contributed by atoms with Gasteiger partial charge in [0.05, 0.1) is 0 Å². The molecule has 31 heavy (non-hydrogen) atoms. The molecule has 0 aromatic carbocycles. The van der Waals surface area contributed by atoms with Gasteiger partial charge in [-0.3, -0.25) is 0 Å². The minimum atomic E-state index is -6.60. The Hall–Kier alpha value is -0.354. The van der Waals surface area contributed by atoms with E-state index in [1.807, 2.05) is 0 Å². The molecule has 186 valence electrons. The van der Waals surface area contributed by atoms with Gasteiger partial charge in [0.15, 0.2) is 0 Å². The lowest BCUT2D eigenvalue weighted by molar-refractivity contribution is -0.0487. The first-order chi connectivity index (χ1) is 12.4. The van der Waals surface area contributed by atoms with Gasteiger partial charge in [0.25, 0.3) is 0 Å². The lowest BCUT2D eigenvalue weighted by Crippen LogP contribution is -2.45. The zero-order valence-corrected chi connectivity index (χ0v) is 17.8. The van der Waals surface area contributed by atoms with Crippen molar-refractivity contribution in [3.05, 3.63) is 0 Å². The van der Waals surface area contributed by atoms with Gasteiger partial charge < -0.3 is 0 Å². The molecule has 0 fully saturated rings. The lowest BCUT2D eigenvalue weighted by Gasteiger charge is -2.11. The minimum Gasteiger partial charge on any atom is -0.202 e. The Bertz CT molecular complexity index is 862. The first kappa shape index (κ1) is 35.2. The molecule has 0 bridgehead atoms. The first-order valence-electron chi connectivity index (χ1n) is 5.23. The second-order valence-corrected chi connectivity index (χ2v) is 11.2. The van der Waals surface area contributed by atoms with Crippen LogP contribution in [0, 0.1) is 0 Å². The lowest BCUT2D eigenvalue weighted by atomic mass is 11.6. The maximum atomic E-state index is 11.5. The van der Waals surface area contributed by atoms with Gasteiger partial charge in [0, 0.05) is 23.1 Å². The molecule has 0 aliphatic rings. The fourth-order valence-electron chi connectivity index (χ4n) is 0.478. The minimum absolute atomic E-state index is 0. The highest BCUT2D eigenvalue weighted by Gasteiger charge is 2.56. The average molecular weight is 587 g/mol. The van der Waals surface area contributed by atoms with E-state index in [9.17, 15) is 86.4 Å². The third kappa shape index (κ3) is 9.98. The topological polar surface area (TPSA) is 161 Å². The van der Waals surface area contributed by atoms with Crippen LogP contribution in [0.5, 0.6) is 0 Å². The van der Waals surface area contributed by atoms with Gasteiger partial charge >= 0.3 is 62.1 Å². The van der Waals surface area contributed by atoms with Gasteiger partial charge in [-0.05, 0) is 0 Å². The van der Waals surface area contributed by atoms with Crippen molar-refractivity contribution < 1.29 is 86.4 Å². The van der Waals surface area contributed by atoms with E-state index >= 15 is 0 Å². The second-order valence-electron chi connectivity index (χ2n) is 3.96. The summed E-state index contributed by atoms with van der Waals surface area (Å²) in [6.45, 7) is 0. The summed E-state index contributed by atoms with van der Waals surface area (Å²) in [5.41, 5.74) is -24.6. The standard InChI is InChI=1S/2C2HF6NO4S2.Mg/c2*3-1(4,5)14(10,11)9-15(12,13)2(6,7)8;/h2*9H;. The second kappa shape index (κ2) is 9.87. The SMILES string of the molecule is O=S(=O)(NS(=O)(=O)C(F)(F)F)C(F)(F)F.O=S(=O)(NS(=O)(=O)C(F)(F)F)C(F)(F)F.[Mg]. The average Bonchev–Trinajstić information content (AvgIpc) is 2.30. The highest BCUT2D eigenvalue weighted by Crippen LogP contribution is 2.28. The summed E-state index contributed by atoms with van der Waals surface area (Å²) in [5, 5.41) is 0. The predicted octanol–water partition coefficient (Wildman–Crippen LogP) is 0.170. The molecule has 0 amide bonds. The normalized spacial score (nSPS) is 14.8.